The molecule has 1 unspecified atom stereocenters. The fourth-order valence-electron chi connectivity index (χ4n) is 0.899. The van der Waals surface area contributed by atoms with Gasteiger partial charge in [-0.3, -0.25) is 0 Å². The van der Waals surface area contributed by atoms with Crippen LogP contribution in [0.15, 0.2) is 12.1 Å². The molecule has 0 aliphatic heterocycles. The molecule has 6 heteroatoms. The zero-order chi connectivity index (χ0) is 11.4. The summed E-state index contributed by atoms with van der Waals surface area (Å²) in [6.07, 6.45) is -0.965. The Balaban J connectivity index is 2.77. The molecule has 15 heavy (non-hydrogen) atoms. The summed E-state index contributed by atoms with van der Waals surface area (Å²) in [5.41, 5.74) is 0. The van der Waals surface area contributed by atoms with Gasteiger partial charge in [-0.25, -0.2) is 0 Å². The molecule has 0 fully saturated rings. The second kappa shape index (κ2) is 5.77. The molecular formula is C9H9Cl3O3. The van der Waals surface area contributed by atoms with Gasteiger partial charge in [-0.1, -0.05) is 34.8 Å². The summed E-state index contributed by atoms with van der Waals surface area (Å²) in [7, 11) is 0. The molecule has 1 aromatic rings. The van der Waals surface area contributed by atoms with Gasteiger partial charge in [-0.15, -0.1) is 0 Å². The molecule has 3 nitrogen and oxygen atoms in total. The molecule has 0 heterocycles. The molecule has 0 radical (unpaired) electrons. The van der Waals surface area contributed by atoms with Gasteiger partial charge in [-0.05, 0) is 12.1 Å². The molecule has 0 aliphatic carbocycles. The highest BCUT2D eigenvalue weighted by molar-refractivity contribution is 6.40. The maximum absolute atomic E-state index is 9.07. The van der Waals surface area contributed by atoms with E-state index in [0.29, 0.717) is 5.02 Å². The predicted octanol–water partition coefficient (Wildman–Crippen LogP) is 2.38. The quantitative estimate of drug-likeness (QED) is 0.884. The van der Waals surface area contributed by atoms with E-state index in [2.05, 4.69) is 0 Å². The highest BCUT2D eigenvalue weighted by atomic mass is 35.5. The van der Waals surface area contributed by atoms with Crippen molar-refractivity contribution >= 4 is 34.8 Å². The SMILES string of the molecule is OCC(O)COc1c(Cl)cc(Cl)cc1Cl. The lowest BCUT2D eigenvalue weighted by Crippen LogP contribution is -2.21. The van der Waals surface area contributed by atoms with Crippen molar-refractivity contribution in [2.45, 2.75) is 6.10 Å². The Hall–Kier alpha value is -0.190. The smallest absolute Gasteiger partial charge is 0.156 e. The van der Waals surface area contributed by atoms with E-state index in [4.69, 9.17) is 49.8 Å². The molecule has 2 N–H and O–H groups in total. The summed E-state index contributed by atoms with van der Waals surface area (Å²) < 4.78 is 5.14. The number of benzene rings is 1. The van der Waals surface area contributed by atoms with Crippen LogP contribution in [0.1, 0.15) is 0 Å². The lowest BCUT2D eigenvalue weighted by molar-refractivity contribution is 0.0537. The number of rotatable bonds is 4. The molecule has 84 valence electrons. The minimum Gasteiger partial charge on any atom is -0.488 e. The topological polar surface area (TPSA) is 49.7 Å². The zero-order valence-electron chi connectivity index (χ0n) is 7.58. The highest BCUT2D eigenvalue weighted by Crippen LogP contribution is 2.35. The van der Waals surface area contributed by atoms with Gasteiger partial charge in [0.1, 0.15) is 12.7 Å². The average molecular weight is 272 g/mol. The van der Waals surface area contributed by atoms with Crippen molar-refractivity contribution in [3.05, 3.63) is 27.2 Å². The first-order valence-electron chi connectivity index (χ1n) is 4.11. The number of ether oxygens (including phenoxy) is 1. The third-order valence-corrected chi connectivity index (χ3v) is 2.37. The van der Waals surface area contributed by atoms with Crippen molar-refractivity contribution in [2.24, 2.45) is 0 Å². The first kappa shape index (κ1) is 12.9. The lowest BCUT2D eigenvalue weighted by Gasteiger charge is -2.12. The van der Waals surface area contributed by atoms with Gasteiger partial charge >= 0.3 is 0 Å². The first-order chi connectivity index (χ1) is 7.04. The highest BCUT2D eigenvalue weighted by Gasteiger charge is 2.11. The van der Waals surface area contributed by atoms with Crippen LogP contribution in [0.4, 0.5) is 0 Å². The Morgan fingerprint density at radius 1 is 1.20 bits per heavy atom. The molecule has 0 aromatic heterocycles. The molecular weight excluding hydrogens is 262 g/mol. The number of aliphatic hydroxyl groups is 2. The summed E-state index contributed by atoms with van der Waals surface area (Å²) in [5.74, 6) is 0.246. The van der Waals surface area contributed by atoms with E-state index in [1.807, 2.05) is 0 Å². The van der Waals surface area contributed by atoms with Gasteiger partial charge in [0.25, 0.3) is 0 Å². The molecule has 1 aromatic carbocycles. The first-order valence-corrected chi connectivity index (χ1v) is 5.24. The molecule has 1 rings (SSSR count). The normalized spacial score (nSPS) is 12.6. The van der Waals surface area contributed by atoms with Gasteiger partial charge in [0.15, 0.2) is 5.75 Å². The van der Waals surface area contributed by atoms with Crippen molar-refractivity contribution in [3.8, 4) is 5.75 Å². The van der Waals surface area contributed by atoms with E-state index >= 15 is 0 Å². The van der Waals surface area contributed by atoms with Crippen LogP contribution >= 0.6 is 34.8 Å². The Bertz CT molecular complexity index is 320. The van der Waals surface area contributed by atoms with E-state index in [-0.39, 0.29) is 29.0 Å². The molecule has 0 aliphatic rings. The Kier molecular flexibility index (Phi) is 4.96. The number of hydrogen-bond donors (Lipinski definition) is 2. The summed E-state index contributed by atoms with van der Waals surface area (Å²) >= 11 is 17.3. The third-order valence-electron chi connectivity index (χ3n) is 1.59. The summed E-state index contributed by atoms with van der Waals surface area (Å²) in [4.78, 5) is 0. The van der Waals surface area contributed by atoms with Crippen molar-refractivity contribution < 1.29 is 14.9 Å². The Labute approximate surface area is 102 Å². The number of aliphatic hydroxyl groups excluding tert-OH is 2. The van der Waals surface area contributed by atoms with Gasteiger partial charge in [0.2, 0.25) is 0 Å². The Morgan fingerprint density at radius 3 is 2.20 bits per heavy atom. The number of halogens is 3. The van der Waals surface area contributed by atoms with Crippen LogP contribution in [0.3, 0.4) is 0 Å². The lowest BCUT2D eigenvalue weighted by atomic mass is 10.3. The van der Waals surface area contributed by atoms with Crippen molar-refractivity contribution in [1.29, 1.82) is 0 Å². The van der Waals surface area contributed by atoms with Gasteiger partial charge < -0.3 is 14.9 Å². The largest absolute Gasteiger partial charge is 0.488 e. The fourth-order valence-corrected chi connectivity index (χ4v) is 1.83. The molecule has 0 bridgehead atoms. The average Bonchev–Trinajstić information content (AvgIpc) is 2.15. The molecule has 0 amide bonds. The zero-order valence-corrected chi connectivity index (χ0v) is 9.85. The van der Waals surface area contributed by atoms with Gasteiger partial charge in [0, 0.05) is 5.02 Å². The summed E-state index contributed by atoms with van der Waals surface area (Å²) in [6, 6.07) is 2.96. The second-order valence-electron chi connectivity index (χ2n) is 2.85. The van der Waals surface area contributed by atoms with Crippen molar-refractivity contribution in [2.75, 3.05) is 13.2 Å². The maximum Gasteiger partial charge on any atom is 0.156 e. The maximum atomic E-state index is 9.07. The molecule has 0 spiro atoms. The molecule has 1 atom stereocenters. The van der Waals surface area contributed by atoms with E-state index in [1.165, 1.54) is 12.1 Å². The molecule has 0 saturated heterocycles. The Morgan fingerprint density at radius 2 is 1.73 bits per heavy atom. The van der Waals surface area contributed by atoms with Gasteiger partial charge in [0.05, 0.1) is 16.7 Å². The molecule has 0 saturated carbocycles. The van der Waals surface area contributed by atoms with E-state index in [0.717, 1.165) is 0 Å². The van der Waals surface area contributed by atoms with Crippen molar-refractivity contribution in [3.63, 3.8) is 0 Å². The van der Waals surface area contributed by atoms with Crippen LogP contribution in [0, 0.1) is 0 Å². The third kappa shape index (κ3) is 3.70. The van der Waals surface area contributed by atoms with Crippen LogP contribution < -0.4 is 4.74 Å². The van der Waals surface area contributed by atoms with Crippen LogP contribution in [0.25, 0.3) is 0 Å². The van der Waals surface area contributed by atoms with Crippen LogP contribution in [-0.2, 0) is 0 Å². The minimum absolute atomic E-state index is 0.0857. The summed E-state index contributed by atoms with van der Waals surface area (Å²) in [6.45, 7) is -0.472. The predicted molar refractivity (Wildman–Crippen MR) is 60.1 cm³/mol. The standard InChI is InChI=1S/C9H9Cl3O3/c10-5-1-7(11)9(8(12)2-5)15-4-6(14)3-13/h1-2,6,13-14H,3-4H2. The van der Waals surface area contributed by atoms with E-state index in [9.17, 15) is 0 Å². The van der Waals surface area contributed by atoms with Crippen LogP contribution in [0.2, 0.25) is 15.1 Å². The van der Waals surface area contributed by atoms with E-state index < -0.39 is 6.10 Å². The second-order valence-corrected chi connectivity index (χ2v) is 4.10. The number of hydrogen-bond acceptors (Lipinski definition) is 3. The van der Waals surface area contributed by atoms with E-state index in [1.54, 1.807) is 0 Å². The van der Waals surface area contributed by atoms with Crippen LogP contribution in [0.5, 0.6) is 5.75 Å². The minimum atomic E-state index is -0.965. The summed E-state index contributed by atoms with van der Waals surface area (Å²) in [5, 5.41) is 18.6. The van der Waals surface area contributed by atoms with Crippen molar-refractivity contribution in [1.82, 2.24) is 0 Å². The monoisotopic (exact) mass is 270 g/mol. The van der Waals surface area contributed by atoms with Crippen LogP contribution in [-0.4, -0.2) is 29.5 Å². The fraction of sp³-hybridized carbons (Fsp3) is 0.333. The van der Waals surface area contributed by atoms with Gasteiger partial charge in [-0.2, -0.15) is 0 Å².